The van der Waals surface area contributed by atoms with Crippen molar-refractivity contribution in [2.24, 2.45) is 0 Å². The molecular weight excluding hydrogens is 240 g/mol. The van der Waals surface area contributed by atoms with Gasteiger partial charge in [-0.05, 0) is 30.4 Å². The Hall–Kier alpha value is -0.830. The second-order valence-corrected chi connectivity index (χ2v) is 4.43. The van der Waals surface area contributed by atoms with Crippen molar-refractivity contribution in [3.05, 3.63) is 35.8 Å². The third-order valence-corrected chi connectivity index (χ3v) is 3.28. The Balaban J connectivity index is 2.12. The van der Waals surface area contributed by atoms with Gasteiger partial charge in [-0.15, -0.1) is 0 Å². The number of halogens is 1. The van der Waals surface area contributed by atoms with Crippen LogP contribution in [0, 0.1) is 0 Å². The van der Waals surface area contributed by atoms with Crippen molar-refractivity contribution in [1.82, 2.24) is 9.38 Å². The SMILES string of the molecule is BrCc1cn2cc(C3CC3)ccc2n1. The Morgan fingerprint density at radius 2 is 2.21 bits per heavy atom. The molecule has 2 aromatic heterocycles. The van der Waals surface area contributed by atoms with E-state index in [0.717, 1.165) is 22.6 Å². The third-order valence-electron chi connectivity index (χ3n) is 2.71. The Morgan fingerprint density at radius 3 is 2.93 bits per heavy atom. The highest BCUT2D eigenvalue weighted by Gasteiger charge is 2.23. The van der Waals surface area contributed by atoms with Crippen LogP contribution in [0.5, 0.6) is 0 Å². The van der Waals surface area contributed by atoms with Gasteiger partial charge < -0.3 is 4.40 Å². The summed E-state index contributed by atoms with van der Waals surface area (Å²) in [5, 5.41) is 0.827. The second kappa shape index (κ2) is 3.09. The maximum absolute atomic E-state index is 4.47. The van der Waals surface area contributed by atoms with Gasteiger partial charge in [0.05, 0.1) is 5.69 Å². The molecule has 2 aromatic rings. The van der Waals surface area contributed by atoms with Crippen molar-refractivity contribution in [3.8, 4) is 0 Å². The molecule has 1 saturated carbocycles. The highest BCUT2D eigenvalue weighted by molar-refractivity contribution is 9.08. The predicted molar refractivity (Wildman–Crippen MR) is 59.8 cm³/mol. The van der Waals surface area contributed by atoms with Crippen molar-refractivity contribution in [2.45, 2.75) is 24.1 Å². The van der Waals surface area contributed by atoms with E-state index in [2.05, 4.69) is 49.8 Å². The predicted octanol–water partition coefficient (Wildman–Crippen LogP) is 3.11. The van der Waals surface area contributed by atoms with Gasteiger partial charge in [0.2, 0.25) is 0 Å². The minimum absolute atomic E-state index is 0.814. The number of alkyl halides is 1. The van der Waals surface area contributed by atoms with Crippen LogP contribution < -0.4 is 0 Å². The first-order chi connectivity index (χ1) is 6.86. The van der Waals surface area contributed by atoms with Gasteiger partial charge in [0.15, 0.2) is 0 Å². The number of hydrogen-bond acceptors (Lipinski definition) is 1. The molecule has 1 aliphatic carbocycles. The van der Waals surface area contributed by atoms with Crippen molar-refractivity contribution >= 4 is 21.6 Å². The molecule has 0 saturated heterocycles. The molecule has 0 amide bonds. The molecule has 1 aliphatic rings. The summed E-state index contributed by atoms with van der Waals surface area (Å²) >= 11 is 3.42. The molecule has 0 aliphatic heterocycles. The number of rotatable bonds is 2. The molecule has 0 radical (unpaired) electrons. The van der Waals surface area contributed by atoms with E-state index < -0.39 is 0 Å². The molecule has 2 nitrogen and oxygen atoms in total. The van der Waals surface area contributed by atoms with Gasteiger partial charge in [-0.1, -0.05) is 22.0 Å². The first kappa shape index (κ1) is 8.48. The first-order valence-electron chi connectivity index (χ1n) is 4.90. The lowest BCUT2D eigenvalue weighted by molar-refractivity contribution is 1.06. The van der Waals surface area contributed by atoms with Gasteiger partial charge in [0.1, 0.15) is 5.65 Å². The highest BCUT2D eigenvalue weighted by atomic mass is 79.9. The number of pyridine rings is 1. The molecule has 3 rings (SSSR count). The summed E-state index contributed by atoms with van der Waals surface area (Å²) in [4.78, 5) is 4.47. The number of fused-ring (bicyclic) bond motifs is 1. The lowest BCUT2D eigenvalue weighted by Gasteiger charge is -1.98. The topological polar surface area (TPSA) is 17.3 Å². The van der Waals surface area contributed by atoms with Crippen LogP contribution in [0.4, 0.5) is 0 Å². The third kappa shape index (κ3) is 1.36. The Morgan fingerprint density at radius 1 is 1.36 bits per heavy atom. The van der Waals surface area contributed by atoms with Crippen LogP contribution in [0.25, 0.3) is 5.65 Å². The summed E-state index contributed by atoms with van der Waals surface area (Å²) in [5.41, 5.74) is 3.60. The molecule has 72 valence electrons. The molecule has 0 unspecified atom stereocenters. The first-order valence-corrected chi connectivity index (χ1v) is 6.02. The summed E-state index contributed by atoms with van der Waals surface area (Å²) < 4.78 is 2.13. The molecule has 14 heavy (non-hydrogen) atoms. The standard InChI is InChI=1S/C11H11BrN2/c12-5-10-7-14-6-9(8-1-2-8)3-4-11(14)13-10/h3-4,6-8H,1-2,5H2. The van der Waals surface area contributed by atoms with Crippen molar-refractivity contribution in [1.29, 1.82) is 0 Å². The van der Waals surface area contributed by atoms with Crippen LogP contribution in [0.15, 0.2) is 24.5 Å². The van der Waals surface area contributed by atoms with Crippen LogP contribution >= 0.6 is 15.9 Å². The Bertz CT molecular complexity index is 471. The zero-order chi connectivity index (χ0) is 9.54. The van der Waals surface area contributed by atoms with Crippen molar-refractivity contribution < 1.29 is 0 Å². The van der Waals surface area contributed by atoms with Crippen molar-refractivity contribution in [2.75, 3.05) is 0 Å². The van der Waals surface area contributed by atoms with Crippen LogP contribution in [0.2, 0.25) is 0 Å². The van der Waals surface area contributed by atoms with Gasteiger partial charge in [-0.3, -0.25) is 0 Å². The van der Waals surface area contributed by atoms with Gasteiger partial charge in [0, 0.05) is 17.7 Å². The van der Waals surface area contributed by atoms with Crippen LogP contribution in [-0.2, 0) is 5.33 Å². The summed E-state index contributed by atoms with van der Waals surface area (Å²) in [6.45, 7) is 0. The lowest BCUT2D eigenvalue weighted by atomic mass is 10.2. The van der Waals surface area contributed by atoms with E-state index >= 15 is 0 Å². The second-order valence-electron chi connectivity index (χ2n) is 3.87. The van der Waals surface area contributed by atoms with E-state index in [-0.39, 0.29) is 0 Å². The zero-order valence-corrected chi connectivity index (χ0v) is 9.37. The summed E-state index contributed by atoms with van der Waals surface area (Å²) in [6, 6.07) is 4.32. The van der Waals surface area contributed by atoms with Gasteiger partial charge in [-0.25, -0.2) is 4.98 Å². The fourth-order valence-electron chi connectivity index (χ4n) is 1.78. The fourth-order valence-corrected chi connectivity index (χ4v) is 2.05. The Kier molecular flexibility index (Phi) is 1.87. The number of hydrogen-bond donors (Lipinski definition) is 0. The average Bonchev–Trinajstić information content (AvgIpc) is 2.97. The van der Waals surface area contributed by atoms with Gasteiger partial charge in [0.25, 0.3) is 0 Å². The van der Waals surface area contributed by atoms with E-state index in [0.29, 0.717) is 0 Å². The fraction of sp³-hybridized carbons (Fsp3) is 0.364. The monoisotopic (exact) mass is 250 g/mol. The Labute approximate surface area is 91.1 Å². The van der Waals surface area contributed by atoms with Crippen LogP contribution in [0.1, 0.15) is 30.0 Å². The van der Waals surface area contributed by atoms with Crippen LogP contribution in [-0.4, -0.2) is 9.38 Å². The maximum atomic E-state index is 4.47. The average molecular weight is 251 g/mol. The molecule has 3 heteroatoms. The summed E-state index contributed by atoms with van der Waals surface area (Å²) in [5.74, 6) is 0.814. The van der Waals surface area contributed by atoms with Gasteiger partial charge in [-0.2, -0.15) is 0 Å². The van der Waals surface area contributed by atoms with E-state index in [1.807, 2.05) is 0 Å². The molecule has 0 spiro atoms. The minimum Gasteiger partial charge on any atom is -0.307 e. The number of imidazole rings is 1. The van der Waals surface area contributed by atoms with E-state index in [1.54, 1.807) is 0 Å². The minimum atomic E-state index is 0.814. The van der Waals surface area contributed by atoms with E-state index in [4.69, 9.17) is 0 Å². The molecule has 1 fully saturated rings. The largest absolute Gasteiger partial charge is 0.307 e. The normalized spacial score (nSPS) is 16.4. The van der Waals surface area contributed by atoms with E-state index in [9.17, 15) is 0 Å². The smallest absolute Gasteiger partial charge is 0.137 e. The van der Waals surface area contributed by atoms with Crippen molar-refractivity contribution in [3.63, 3.8) is 0 Å². The molecule has 2 heterocycles. The summed E-state index contributed by atoms with van der Waals surface area (Å²) in [6.07, 6.45) is 7.01. The molecule has 0 atom stereocenters. The van der Waals surface area contributed by atoms with E-state index in [1.165, 1.54) is 18.4 Å². The maximum Gasteiger partial charge on any atom is 0.137 e. The van der Waals surface area contributed by atoms with Gasteiger partial charge >= 0.3 is 0 Å². The lowest BCUT2D eigenvalue weighted by Crippen LogP contribution is -1.86. The molecule has 0 aromatic carbocycles. The molecule has 0 N–H and O–H groups in total. The molecule has 0 bridgehead atoms. The molecular formula is C11H11BrN2. The highest BCUT2D eigenvalue weighted by Crippen LogP contribution is 2.39. The zero-order valence-electron chi connectivity index (χ0n) is 7.78. The number of aromatic nitrogens is 2. The quantitative estimate of drug-likeness (QED) is 0.749. The number of nitrogens with zero attached hydrogens (tertiary/aromatic N) is 2. The van der Waals surface area contributed by atoms with Crippen LogP contribution in [0.3, 0.4) is 0 Å². The summed E-state index contributed by atoms with van der Waals surface area (Å²) in [7, 11) is 0.